The van der Waals surface area contributed by atoms with Crippen molar-refractivity contribution in [3.63, 3.8) is 0 Å². The van der Waals surface area contributed by atoms with Crippen LogP contribution in [-0.4, -0.2) is 50.3 Å². The molecule has 1 fully saturated rings. The summed E-state index contributed by atoms with van der Waals surface area (Å²) >= 11 is 0. The topological polar surface area (TPSA) is 54.2 Å². The van der Waals surface area contributed by atoms with E-state index in [1.807, 2.05) is 12.1 Å². The van der Waals surface area contributed by atoms with Crippen molar-refractivity contribution >= 4 is 11.2 Å². The summed E-state index contributed by atoms with van der Waals surface area (Å²) in [5, 5.41) is 9.35. The quantitative estimate of drug-likeness (QED) is 0.935. The molecule has 5 nitrogen and oxygen atoms in total. The predicted molar refractivity (Wildman–Crippen MR) is 83.3 cm³/mol. The van der Waals surface area contributed by atoms with E-state index >= 15 is 0 Å². The van der Waals surface area contributed by atoms with Gasteiger partial charge in [-0.2, -0.15) is 0 Å². The van der Waals surface area contributed by atoms with Crippen LogP contribution >= 0.6 is 0 Å². The number of aromatic nitrogens is 3. The first-order chi connectivity index (χ1) is 10.2. The van der Waals surface area contributed by atoms with Crippen molar-refractivity contribution in [1.29, 1.82) is 0 Å². The molecule has 0 bridgehead atoms. The van der Waals surface area contributed by atoms with Gasteiger partial charge in [0.25, 0.3) is 0 Å². The number of likely N-dealkylation sites (tertiary alicyclic amines) is 1. The standard InChI is InChI=1S/C16H24N4O/c1-12(2)19-8-5-13(6-9-19)15-18-14-4-3-7-17-16(14)20(15)10-11-21/h3-4,7,12-13,21H,5-6,8-11H2,1-2H3. The molecule has 114 valence electrons. The summed E-state index contributed by atoms with van der Waals surface area (Å²) in [5.41, 5.74) is 1.83. The molecule has 0 aromatic carbocycles. The summed E-state index contributed by atoms with van der Waals surface area (Å²) in [7, 11) is 0. The number of hydrogen-bond donors (Lipinski definition) is 1. The monoisotopic (exact) mass is 288 g/mol. The lowest BCUT2D eigenvalue weighted by Gasteiger charge is -2.34. The number of imidazole rings is 1. The molecule has 3 heterocycles. The molecular weight excluding hydrogens is 264 g/mol. The molecule has 0 amide bonds. The van der Waals surface area contributed by atoms with Gasteiger partial charge < -0.3 is 14.6 Å². The van der Waals surface area contributed by atoms with E-state index in [4.69, 9.17) is 4.98 Å². The fourth-order valence-corrected chi connectivity index (χ4v) is 3.28. The van der Waals surface area contributed by atoms with Gasteiger partial charge in [-0.05, 0) is 51.9 Å². The van der Waals surface area contributed by atoms with Crippen molar-refractivity contribution in [1.82, 2.24) is 19.4 Å². The van der Waals surface area contributed by atoms with Crippen LogP contribution in [0.15, 0.2) is 18.3 Å². The van der Waals surface area contributed by atoms with Gasteiger partial charge in [-0.1, -0.05) is 0 Å². The van der Waals surface area contributed by atoms with Crippen molar-refractivity contribution < 1.29 is 5.11 Å². The number of aliphatic hydroxyl groups excluding tert-OH is 1. The number of rotatable bonds is 4. The number of pyridine rings is 1. The van der Waals surface area contributed by atoms with E-state index in [0.717, 1.165) is 42.9 Å². The number of nitrogens with zero attached hydrogens (tertiary/aromatic N) is 4. The first-order valence-corrected chi connectivity index (χ1v) is 7.86. The van der Waals surface area contributed by atoms with Crippen LogP contribution in [0.5, 0.6) is 0 Å². The van der Waals surface area contributed by atoms with Crippen molar-refractivity contribution in [3.8, 4) is 0 Å². The van der Waals surface area contributed by atoms with Crippen LogP contribution in [0.25, 0.3) is 11.2 Å². The zero-order chi connectivity index (χ0) is 14.8. The SMILES string of the molecule is CC(C)N1CCC(c2nc3cccnc3n2CCO)CC1. The van der Waals surface area contributed by atoms with Crippen LogP contribution in [-0.2, 0) is 6.54 Å². The first-order valence-electron chi connectivity index (χ1n) is 7.86. The molecular formula is C16H24N4O. The van der Waals surface area contributed by atoms with Gasteiger partial charge in [0.1, 0.15) is 11.3 Å². The van der Waals surface area contributed by atoms with Gasteiger partial charge in [-0.25, -0.2) is 9.97 Å². The third-order valence-corrected chi connectivity index (χ3v) is 4.48. The van der Waals surface area contributed by atoms with E-state index in [1.54, 1.807) is 6.20 Å². The van der Waals surface area contributed by atoms with Crippen LogP contribution in [0.3, 0.4) is 0 Å². The van der Waals surface area contributed by atoms with Gasteiger partial charge >= 0.3 is 0 Å². The number of hydrogen-bond acceptors (Lipinski definition) is 4. The minimum atomic E-state index is 0.125. The molecule has 0 atom stereocenters. The second kappa shape index (κ2) is 6.12. The van der Waals surface area contributed by atoms with Crippen LogP contribution in [0.2, 0.25) is 0 Å². The van der Waals surface area contributed by atoms with Crippen LogP contribution in [0, 0.1) is 0 Å². The molecule has 1 saturated heterocycles. The maximum atomic E-state index is 9.35. The van der Waals surface area contributed by atoms with Crippen molar-refractivity contribution in [2.75, 3.05) is 19.7 Å². The zero-order valence-corrected chi connectivity index (χ0v) is 12.9. The summed E-state index contributed by atoms with van der Waals surface area (Å²) in [6.45, 7) is 7.46. The molecule has 0 saturated carbocycles. The Labute approximate surface area is 125 Å². The van der Waals surface area contributed by atoms with Crippen molar-refractivity contribution in [3.05, 3.63) is 24.2 Å². The highest BCUT2D eigenvalue weighted by molar-refractivity contribution is 5.71. The van der Waals surface area contributed by atoms with E-state index in [0.29, 0.717) is 18.5 Å². The minimum Gasteiger partial charge on any atom is -0.395 e. The lowest BCUT2D eigenvalue weighted by molar-refractivity contribution is 0.168. The predicted octanol–water partition coefficient (Wildman–Crippen LogP) is 2.01. The zero-order valence-electron chi connectivity index (χ0n) is 12.9. The third-order valence-electron chi connectivity index (χ3n) is 4.48. The summed E-state index contributed by atoms with van der Waals surface area (Å²) in [6.07, 6.45) is 4.06. The molecule has 21 heavy (non-hydrogen) atoms. The average Bonchev–Trinajstić information content (AvgIpc) is 2.87. The molecule has 2 aromatic heterocycles. The highest BCUT2D eigenvalue weighted by Gasteiger charge is 2.26. The Morgan fingerprint density at radius 2 is 2.10 bits per heavy atom. The summed E-state index contributed by atoms with van der Waals surface area (Å²) in [4.78, 5) is 11.8. The summed E-state index contributed by atoms with van der Waals surface area (Å²) in [6, 6.07) is 4.54. The first kappa shape index (κ1) is 14.5. The van der Waals surface area contributed by atoms with Gasteiger partial charge in [0, 0.05) is 24.7 Å². The van der Waals surface area contributed by atoms with Gasteiger partial charge in [0.15, 0.2) is 5.65 Å². The Balaban J connectivity index is 1.88. The third kappa shape index (κ3) is 2.80. The maximum Gasteiger partial charge on any atom is 0.160 e. The van der Waals surface area contributed by atoms with E-state index in [1.165, 1.54) is 0 Å². The van der Waals surface area contributed by atoms with E-state index in [-0.39, 0.29) is 6.61 Å². The second-order valence-corrected chi connectivity index (χ2v) is 6.10. The summed E-state index contributed by atoms with van der Waals surface area (Å²) < 4.78 is 2.10. The molecule has 0 unspecified atom stereocenters. The van der Waals surface area contributed by atoms with E-state index < -0.39 is 0 Å². The Kier molecular flexibility index (Phi) is 4.22. The molecule has 5 heteroatoms. The van der Waals surface area contributed by atoms with Gasteiger partial charge in [-0.15, -0.1) is 0 Å². The van der Waals surface area contributed by atoms with E-state index in [9.17, 15) is 5.11 Å². The molecule has 3 rings (SSSR count). The maximum absolute atomic E-state index is 9.35. The van der Waals surface area contributed by atoms with Gasteiger partial charge in [-0.3, -0.25) is 0 Å². The molecule has 2 aromatic rings. The Bertz CT molecular complexity index is 599. The highest BCUT2D eigenvalue weighted by atomic mass is 16.3. The second-order valence-electron chi connectivity index (χ2n) is 6.10. The van der Waals surface area contributed by atoms with Crippen LogP contribution < -0.4 is 0 Å². The van der Waals surface area contributed by atoms with Crippen molar-refractivity contribution in [2.45, 2.75) is 45.2 Å². The average molecular weight is 288 g/mol. The molecule has 1 aliphatic heterocycles. The summed E-state index contributed by atoms with van der Waals surface area (Å²) in [5.74, 6) is 1.57. The highest BCUT2D eigenvalue weighted by Crippen LogP contribution is 2.30. The number of fused-ring (bicyclic) bond motifs is 1. The normalized spacial score (nSPS) is 17.9. The number of piperidine rings is 1. The Morgan fingerprint density at radius 3 is 2.76 bits per heavy atom. The minimum absolute atomic E-state index is 0.125. The van der Waals surface area contributed by atoms with Crippen LogP contribution in [0.1, 0.15) is 38.4 Å². The smallest absolute Gasteiger partial charge is 0.160 e. The molecule has 0 aliphatic carbocycles. The molecule has 0 radical (unpaired) electrons. The van der Waals surface area contributed by atoms with Crippen LogP contribution in [0.4, 0.5) is 0 Å². The largest absolute Gasteiger partial charge is 0.395 e. The lowest BCUT2D eigenvalue weighted by Crippen LogP contribution is -2.38. The lowest BCUT2D eigenvalue weighted by atomic mass is 9.95. The van der Waals surface area contributed by atoms with Gasteiger partial charge in [0.05, 0.1) is 6.61 Å². The fourth-order valence-electron chi connectivity index (χ4n) is 3.28. The molecule has 1 aliphatic rings. The Morgan fingerprint density at radius 1 is 1.33 bits per heavy atom. The molecule has 1 N–H and O–H groups in total. The molecule has 0 spiro atoms. The van der Waals surface area contributed by atoms with E-state index in [2.05, 4.69) is 28.3 Å². The fraction of sp³-hybridized carbons (Fsp3) is 0.625. The number of aliphatic hydroxyl groups is 1. The van der Waals surface area contributed by atoms with Crippen molar-refractivity contribution in [2.24, 2.45) is 0 Å². The Hall–Kier alpha value is -1.46. The van der Waals surface area contributed by atoms with Gasteiger partial charge in [0.2, 0.25) is 0 Å².